The minimum absolute atomic E-state index is 0.114. The van der Waals surface area contributed by atoms with Gasteiger partial charge in [0.1, 0.15) is 17.2 Å². The van der Waals surface area contributed by atoms with Crippen LogP contribution >= 0.6 is 0 Å². The lowest BCUT2D eigenvalue weighted by atomic mass is 10.1. The number of nitrogens with one attached hydrogen (secondary N) is 2. The second kappa shape index (κ2) is 10.9. The SMILES string of the molecule is CC(C)(C)OC(=O)N1CCC[C@H]1c1ncc(-c2ccc(-c3ncc4cc(-c5cnc(C6CCCC6)[nH]5)ccc4n3)cc2)[nH]1. The summed E-state index contributed by atoms with van der Waals surface area (Å²) in [5.74, 6) is 3.13. The van der Waals surface area contributed by atoms with Gasteiger partial charge in [-0.1, -0.05) is 43.2 Å². The Morgan fingerprint density at radius 2 is 1.49 bits per heavy atom. The van der Waals surface area contributed by atoms with Gasteiger partial charge in [0.25, 0.3) is 0 Å². The summed E-state index contributed by atoms with van der Waals surface area (Å²) in [6, 6.07) is 14.3. The van der Waals surface area contributed by atoms with Crippen LogP contribution in [0.15, 0.2) is 61.1 Å². The Hall–Kier alpha value is -4.53. The molecular weight excluding hydrogens is 538 g/mol. The van der Waals surface area contributed by atoms with Crippen LogP contribution in [0.3, 0.4) is 0 Å². The number of likely N-dealkylation sites (tertiary alicyclic amines) is 1. The van der Waals surface area contributed by atoms with E-state index in [2.05, 4.69) is 43.1 Å². The summed E-state index contributed by atoms with van der Waals surface area (Å²) in [5, 5.41) is 0.993. The maximum Gasteiger partial charge on any atom is 0.410 e. The van der Waals surface area contributed by atoms with E-state index in [1.807, 2.05) is 63.6 Å². The Kier molecular flexibility index (Phi) is 6.95. The number of hydrogen-bond acceptors (Lipinski definition) is 6. The number of carbonyl (C=O) groups is 1. The molecule has 1 aliphatic heterocycles. The molecule has 2 aromatic carbocycles. The van der Waals surface area contributed by atoms with Crippen LogP contribution in [0.2, 0.25) is 0 Å². The summed E-state index contributed by atoms with van der Waals surface area (Å²) in [4.78, 5) is 40.3. The number of aromatic nitrogens is 6. The first kappa shape index (κ1) is 27.3. The Bertz CT molecular complexity index is 1760. The number of ether oxygens (including phenoxy) is 1. The molecule has 0 spiro atoms. The number of nitrogens with zero attached hydrogens (tertiary/aromatic N) is 5. The predicted octanol–water partition coefficient (Wildman–Crippen LogP) is 7.81. The predicted molar refractivity (Wildman–Crippen MR) is 166 cm³/mol. The van der Waals surface area contributed by atoms with Crippen molar-refractivity contribution in [3.63, 3.8) is 0 Å². The molecular formula is C34H37N7O2. The molecule has 7 rings (SSSR count). The van der Waals surface area contributed by atoms with E-state index >= 15 is 0 Å². The Morgan fingerprint density at radius 1 is 0.814 bits per heavy atom. The molecule has 1 atom stereocenters. The van der Waals surface area contributed by atoms with Crippen molar-refractivity contribution in [2.24, 2.45) is 0 Å². The van der Waals surface area contributed by atoms with Crippen molar-refractivity contribution in [3.05, 3.63) is 72.7 Å². The van der Waals surface area contributed by atoms with Crippen molar-refractivity contribution in [1.29, 1.82) is 0 Å². The third kappa shape index (κ3) is 5.63. The van der Waals surface area contributed by atoms with Crippen LogP contribution in [0.4, 0.5) is 4.79 Å². The van der Waals surface area contributed by atoms with Crippen LogP contribution < -0.4 is 0 Å². The number of carbonyl (C=O) groups excluding carboxylic acids is 1. The lowest BCUT2D eigenvalue weighted by Gasteiger charge is -2.27. The lowest BCUT2D eigenvalue weighted by molar-refractivity contribution is 0.0218. The van der Waals surface area contributed by atoms with E-state index in [1.165, 1.54) is 25.7 Å². The molecule has 1 amide bonds. The molecule has 4 heterocycles. The summed E-state index contributed by atoms with van der Waals surface area (Å²) in [6.07, 6.45) is 12.2. The van der Waals surface area contributed by atoms with Gasteiger partial charge < -0.3 is 14.7 Å². The Balaban J connectivity index is 1.06. The topological polar surface area (TPSA) is 113 Å². The van der Waals surface area contributed by atoms with Gasteiger partial charge in [0, 0.05) is 35.2 Å². The zero-order valence-corrected chi connectivity index (χ0v) is 24.9. The third-order valence-corrected chi connectivity index (χ3v) is 8.47. The molecule has 0 unspecified atom stereocenters. The van der Waals surface area contributed by atoms with E-state index in [9.17, 15) is 4.79 Å². The van der Waals surface area contributed by atoms with E-state index < -0.39 is 5.60 Å². The van der Waals surface area contributed by atoms with Gasteiger partial charge in [0.15, 0.2) is 5.82 Å². The van der Waals surface area contributed by atoms with Crippen LogP contribution in [0.5, 0.6) is 0 Å². The molecule has 220 valence electrons. The quantitative estimate of drug-likeness (QED) is 0.221. The summed E-state index contributed by atoms with van der Waals surface area (Å²) in [6.45, 7) is 6.33. The van der Waals surface area contributed by atoms with Gasteiger partial charge in [0.05, 0.1) is 35.3 Å². The minimum atomic E-state index is -0.531. The maximum absolute atomic E-state index is 12.7. The van der Waals surface area contributed by atoms with Crippen molar-refractivity contribution in [3.8, 4) is 33.9 Å². The molecule has 2 aliphatic rings. The highest BCUT2D eigenvalue weighted by Gasteiger charge is 2.34. The van der Waals surface area contributed by atoms with Gasteiger partial charge in [0.2, 0.25) is 0 Å². The largest absolute Gasteiger partial charge is 0.444 e. The average Bonchev–Trinajstić information content (AvgIpc) is 3.82. The number of amides is 1. The van der Waals surface area contributed by atoms with Gasteiger partial charge in [-0.15, -0.1) is 0 Å². The van der Waals surface area contributed by atoms with E-state index in [0.717, 1.165) is 63.5 Å². The van der Waals surface area contributed by atoms with Gasteiger partial charge in [-0.05, 0) is 64.2 Å². The van der Waals surface area contributed by atoms with Crippen LogP contribution in [-0.2, 0) is 4.74 Å². The fraction of sp³-hybridized carbons (Fsp3) is 0.382. The highest BCUT2D eigenvalue weighted by molar-refractivity contribution is 5.84. The number of aromatic amines is 2. The summed E-state index contributed by atoms with van der Waals surface area (Å²) in [5.41, 5.74) is 5.35. The summed E-state index contributed by atoms with van der Waals surface area (Å²) >= 11 is 0. The zero-order chi connectivity index (χ0) is 29.6. The number of imidazole rings is 2. The summed E-state index contributed by atoms with van der Waals surface area (Å²) in [7, 11) is 0. The number of benzene rings is 2. The van der Waals surface area contributed by atoms with Crippen molar-refractivity contribution in [2.75, 3.05) is 6.54 Å². The van der Waals surface area contributed by atoms with Gasteiger partial charge in [-0.2, -0.15) is 0 Å². The third-order valence-electron chi connectivity index (χ3n) is 8.47. The van der Waals surface area contributed by atoms with Crippen LogP contribution in [0.25, 0.3) is 44.8 Å². The Labute approximate surface area is 251 Å². The standard InChI is InChI=1S/C34H37N7O2/c1-34(2,3)43-33(42)41-16-6-9-29(41)32-37-19-27(40-32)21-10-12-23(13-11-21)31-35-18-25-17-24(14-15-26(25)38-31)28-20-36-30(39-28)22-7-4-5-8-22/h10-15,17-20,22,29H,4-9,16H2,1-3H3,(H,36,39)(H,37,40)/t29-/m0/s1. The molecule has 0 bridgehead atoms. The Morgan fingerprint density at radius 3 is 2.26 bits per heavy atom. The average molecular weight is 576 g/mol. The second-order valence-electron chi connectivity index (χ2n) is 12.7. The molecule has 9 nitrogen and oxygen atoms in total. The first-order valence-electron chi connectivity index (χ1n) is 15.3. The maximum atomic E-state index is 12.7. The molecule has 0 radical (unpaired) electrons. The fourth-order valence-corrected chi connectivity index (χ4v) is 6.27. The van der Waals surface area contributed by atoms with Crippen molar-refractivity contribution >= 4 is 17.0 Å². The van der Waals surface area contributed by atoms with Crippen LogP contribution in [0, 0.1) is 0 Å². The monoisotopic (exact) mass is 575 g/mol. The molecule has 1 aliphatic carbocycles. The lowest BCUT2D eigenvalue weighted by Crippen LogP contribution is -2.36. The van der Waals surface area contributed by atoms with Gasteiger partial charge in [-0.3, -0.25) is 4.90 Å². The molecule has 3 aromatic heterocycles. The molecule has 9 heteroatoms. The first-order chi connectivity index (χ1) is 20.8. The van der Waals surface area contributed by atoms with Gasteiger partial charge >= 0.3 is 6.09 Å². The zero-order valence-electron chi connectivity index (χ0n) is 24.9. The number of rotatable bonds is 5. The molecule has 1 saturated heterocycles. The van der Waals surface area contributed by atoms with E-state index in [0.29, 0.717) is 18.3 Å². The highest BCUT2D eigenvalue weighted by atomic mass is 16.6. The van der Waals surface area contributed by atoms with Crippen LogP contribution in [-0.4, -0.2) is 53.0 Å². The second-order valence-corrected chi connectivity index (χ2v) is 12.7. The molecule has 2 N–H and O–H groups in total. The van der Waals surface area contributed by atoms with E-state index in [1.54, 1.807) is 4.90 Å². The van der Waals surface area contributed by atoms with Crippen LogP contribution in [0.1, 0.15) is 82.9 Å². The fourth-order valence-electron chi connectivity index (χ4n) is 6.27. The molecule has 5 aromatic rings. The first-order valence-corrected chi connectivity index (χ1v) is 15.3. The van der Waals surface area contributed by atoms with E-state index in [-0.39, 0.29) is 12.1 Å². The van der Waals surface area contributed by atoms with Gasteiger partial charge in [-0.25, -0.2) is 24.7 Å². The molecule has 2 fully saturated rings. The minimum Gasteiger partial charge on any atom is -0.444 e. The smallest absolute Gasteiger partial charge is 0.410 e. The van der Waals surface area contributed by atoms with E-state index in [4.69, 9.17) is 9.72 Å². The molecule has 43 heavy (non-hydrogen) atoms. The summed E-state index contributed by atoms with van der Waals surface area (Å²) < 4.78 is 5.62. The number of H-pyrrole nitrogens is 2. The number of fused-ring (bicyclic) bond motifs is 1. The van der Waals surface area contributed by atoms with Crippen molar-refractivity contribution < 1.29 is 9.53 Å². The van der Waals surface area contributed by atoms with Crippen molar-refractivity contribution in [2.45, 2.75) is 76.9 Å². The normalized spacial score (nSPS) is 17.7. The van der Waals surface area contributed by atoms with Crippen molar-refractivity contribution in [1.82, 2.24) is 34.8 Å². The molecule has 1 saturated carbocycles. The highest BCUT2D eigenvalue weighted by Crippen LogP contribution is 2.35. The number of hydrogen-bond donors (Lipinski definition) is 2.